The van der Waals surface area contributed by atoms with Crippen LogP contribution >= 0.6 is 11.5 Å². The summed E-state index contributed by atoms with van der Waals surface area (Å²) in [5.74, 6) is -2.00. The number of hydrogen-bond acceptors (Lipinski definition) is 7. The minimum atomic E-state index is -0.817. The van der Waals surface area contributed by atoms with E-state index in [1.54, 1.807) is 13.1 Å². The Labute approximate surface area is 153 Å². The number of pyridine rings is 1. The monoisotopic (exact) mass is 378 g/mol. The maximum atomic E-state index is 14.6. The molecule has 0 spiro atoms. The average Bonchev–Trinajstić information content (AvgIpc) is 3.30. The molecule has 1 saturated carbocycles. The van der Waals surface area contributed by atoms with Gasteiger partial charge in [-0.05, 0) is 49.3 Å². The first-order chi connectivity index (χ1) is 12.3. The van der Waals surface area contributed by atoms with Crippen molar-refractivity contribution in [2.24, 2.45) is 17.4 Å². The lowest BCUT2D eigenvalue weighted by Crippen LogP contribution is -2.45. The Morgan fingerprint density at radius 2 is 2.08 bits per heavy atom. The molecular formula is C16H19FN6O2S. The van der Waals surface area contributed by atoms with Gasteiger partial charge in [-0.15, -0.1) is 0 Å². The predicted octanol–water partition coefficient (Wildman–Crippen LogP) is 1.53. The van der Waals surface area contributed by atoms with Crippen molar-refractivity contribution >= 4 is 40.0 Å². The van der Waals surface area contributed by atoms with E-state index in [9.17, 15) is 14.0 Å². The highest BCUT2D eigenvalue weighted by molar-refractivity contribution is 7.10. The number of hydrogen-bond donors (Lipinski definition) is 3. The fraction of sp³-hybridized carbons (Fsp3) is 0.375. The molecule has 5 N–H and O–H groups in total. The second kappa shape index (κ2) is 6.87. The summed E-state index contributed by atoms with van der Waals surface area (Å²) in [5.41, 5.74) is 11.5. The van der Waals surface area contributed by atoms with Crippen LogP contribution in [-0.2, 0) is 4.79 Å². The summed E-state index contributed by atoms with van der Waals surface area (Å²) in [4.78, 5) is 29.1. The molecule has 0 saturated heterocycles. The van der Waals surface area contributed by atoms with Gasteiger partial charge in [0.05, 0.1) is 11.3 Å². The second-order valence-electron chi connectivity index (χ2n) is 6.31. The number of aromatic nitrogens is 2. The molecule has 3 rings (SSSR count). The molecule has 1 atom stereocenters. The zero-order valence-corrected chi connectivity index (χ0v) is 15.1. The van der Waals surface area contributed by atoms with E-state index in [0.717, 1.165) is 24.6 Å². The van der Waals surface area contributed by atoms with Crippen LogP contribution in [0.25, 0.3) is 0 Å². The molecule has 2 heterocycles. The van der Waals surface area contributed by atoms with Gasteiger partial charge in [-0.25, -0.2) is 9.37 Å². The first-order valence-corrected chi connectivity index (χ1v) is 8.78. The van der Waals surface area contributed by atoms with Crippen LogP contribution in [0.3, 0.4) is 0 Å². The second-order valence-corrected chi connectivity index (χ2v) is 7.11. The summed E-state index contributed by atoms with van der Waals surface area (Å²) in [5, 5.41) is 3.58. The van der Waals surface area contributed by atoms with Crippen molar-refractivity contribution in [2.45, 2.75) is 25.8 Å². The Kier molecular flexibility index (Phi) is 4.77. The lowest BCUT2D eigenvalue weighted by molar-refractivity contribution is -0.119. The van der Waals surface area contributed by atoms with E-state index in [1.165, 1.54) is 16.4 Å². The molecule has 1 aliphatic carbocycles. The number of primary amides is 2. The topological polar surface area (TPSA) is 127 Å². The zero-order valence-electron chi connectivity index (χ0n) is 14.3. The zero-order chi connectivity index (χ0) is 19.0. The molecule has 1 fully saturated rings. The molecule has 2 amide bonds. The number of carbonyl (C=O) groups excluding carboxylic acids is 2. The van der Waals surface area contributed by atoms with Gasteiger partial charge in [-0.2, -0.15) is 4.37 Å². The van der Waals surface area contributed by atoms with Crippen LogP contribution in [0.1, 0.15) is 28.9 Å². The summed E-state index contributed by atoms with van der Waals surface area (Å²) in [6.07, 6.45) is 1.70. The molecule has 0 bridgehead atoms. The van der Waals surface area contributed by atoms with E-state index in [0.29, 0.717) is 5.00 Å². The number of nitrogens with two attached hydrogens (primary N) is 2. The highest BCUT2D eigenvalue weighted by Gasteiger charge is 2.39. The highest BCUT2D eigenvalue weighted by Crippen LogP contribution is 2.37. The van der Waals surface area contributed by atoms with Crippen molar-refractivity contribution in [1.82, 2.24) is 9.36 Å². The van der Waals surface area contributed by atoms with Gasteiger partial charge in [-0.3, -0.25) is 9.59 Å². The number of amides is 2. The quantitative estimate of drug-likeness (QED) is 0.670. The third-order valence-corrected chi connectivity index (χ3v) is 5.00. The molecule has 0 aromatic carbocycles. The number of nitrogens with zero attached hydrogens (tertiary/aromatic N) is 3. The van der Waals surface area contributed by atoms with Crippen LogP contribution in [0.5, 0.6) is 0 Å². The predicted molar refractivity (Wildman–Crippen MR) is 97.0 cm³/mol. The van der Waals surface area contributed by atoms with Gasteiger partial charge in [0.25, 0.3) is 5.91 Å². The van der Waals surface area contributed by atoms with E-state index >= 15 is 0 Å². The molecule has 2 aromatic rings. The standard InChI is InChI=1S/C16H19FN6O2S/c1-7-5-11(26-22-7)20-15-9(13(18)24)6-10(17)16(21-15)23(2)12(14(19)25)8-3-4-8/h5-6,8,12H,3-4H2,1-2H3,(H2,18,24)(H2,19,25)(H,20,21). The van der Waals surface area contributed by atoms with Crippen molar-refractivity contribution < 1.29 is 14.0 Å². The van der Waals surface area contributed by atoms with Crippen molar-refractivity contribution in [3.05, 3.63) is 29.2 Å². The molecule has 26 heavy (non-hydrogen) atoms. The third-order valence-electron chi connectivity index (χ3n) is 4.20. The Morgan fingerprint density at radius 1 is 1.38 bits per heavy atom. The molecule has 2 aromatic heterocycles. The number of carbonyl (C=O) groups is 2. The number of rotatable bonds is 7. The molecule has 0 aliphatic heterocycles. The van der Waals surface area contributed by atoms with Crippen LogP contribution in [0.15, 0.2) is 12.1 Å². The van der Waals surface area contributed by atoms with E-state index in [2.05, 4.69) is 14.7 Å². The Bertz CT molecular complexity index is 866. The molecular weight excluding hydrogens is 359 g/mol. The summed E-state index contributed by atoms with van der Waals surface area (Å²) < 4.78 is 18.7. The summed E-state index contributed by atoms with van der Waals surface area (Å²) in [7, 11) is 1.56. The molecule has 8 nitrogen and oxygen atoms in total. The smallest absolute Gasteiger partial charge is 0.252 e. The third kappa shape index (κ3) is 3.59. The first kappa shape index (κ1) is 18.1. The lowest BCUT2D eigenvalue weighted by atomic mass is 10.1. The number of nitrogens with one attached hydrogen (secondary N) is 1. The summed E-state index contributed by atoms with van der Waals surface area (Å²) in [6, 6.07) is 2.12. The van der Waals surface area contributed by atoms with E-state index < -0.39 is 23.7 Å². The highest BCUT2D eigenvalue weighted by atomic mass is 32.1. The van der Waals surface area contributed by atoms with Crippen LogP contribution in [0.2, 0.25) is 0 Å². The van der Waals surface area contributed by atoms with Crippen LogP contribution in [-0.4, -0.2) is 34.3 Å². The SMILES string of the molecule is Cc1cc(Nc2nc(N(C)C(C(N)=O)C3CC3)c(F)cc2C(N)=O)sn1. The van der Waals surface area contributed by atoms with Gasteiger partial charge in [0.1, 0.15) is 16.9 Å². The number of likely N-dealkylation sites (N-methyl/N-ethyl adjacent to an activating group) is 1. The number of halogens is 1. The average molecular weight is 378 g/mol. The molecule has 0 radical (unpaired) electrons. The minimum Gasteiger partial charge on any atom is -0.368 e. The van der Waals surface area contributed by atoms with Gasteiger partial charge in [0.2, 0.25) is 5.91 Å². The Balaban J connectivity index is 2.01. The molecule has 1 aliphatic rings. The fourth-order valence-corrected chi connectivity index (χ4v) is 3.49. The molecule has 10 heteroatoms. The fourth-order valence-electron chi connectivity index (χ4n) is 2.83. The van der Waals surface area contributed by atoms with Gasteiger partial charge in [0, 0.05) is 7.05 Å². The molecule has 138 valence electrons. The normalized spacial score (nSPS) is 14.7. The van der Waals surface area contributed by atoms with Gasteiger partial charge >= 0.3 is 0 Å². The summed E-state index contributed by atoms with van der Waals surface area (Å²) in [6.45, 7) is 1.82. The van der Waals surface area contributed by atoms with Crippen molar-refractivity contribution in [1.29, 1.82) is 0 Å². The molecule has 1 unspecified atom stereocenters. The van der Waals surface area contributed by atoms with Crippen LogP contribution in [0.4, 0.5) is 21.0 Å². The largest absolute Gasteiger partial charge is 0.368 e. The number of anilines is 3. The Hall–Kier alpha value is -2.75. The van der Waals surface area contributed by atoms with Crippen molar-refractivity contribution in [2.75, 3.05) is 17.3 Å². The van der Waals surface area contributed by atoms with Crippen molar-refractivity contribution in [3.8, 4) is 0 Å². The minimum absolute atomic E-state index is 0.0746. The van der Waals surface area contributed by atoms with Crippen LogP contribution < -0.4 is 21.7 Å². The maximum absolute atomic E-state index is 14.6. The van der Waals surface area contributed by atoms with Gasteiger partial charge < -0.3 is 21.7 Å². The lowest BCUT2D eigenvalue weighted by Gasteiger charge is -2.27. The maximum Gasteiger partial charge on any atom is 0.252 e. The first-order valence-electron chi connectivity index (χ1n) is 8.00. The van der Waals surface area contributed by atoms with Crippen molar-refractivity contribution in [3.63, 3.8) is 0 Å². The van der Waals surface area contributed by atoms with E-state index in [-0.39, 0.29) is 23.1 Å². The Morgan fingerprint density at radius 3 is 2.58 bits per heavy atom. The van der Waals surface area contributed by atoms with E-state index in [1.807, 2.05) is 6.92 Å². The van der Waals surface area contributed by atoms with Gasteiger partial charge in [0.15, 0.2) is 11.6 Å². The number of aryl methyl sites for hydroxylation is 1. The van der Waals surface area contributed by atoms with Gasteiger partial charge in [-0.1, -0.05) is 0 Å². The summed E-state index contributed by atoms with van der Waals surface area (Å²) >= 11 is 1.17. The van der Waals surface area contributed by atoms with E-state index in [4.69, 9.17) is 11.5 Å². The van der Waals surface area contributed by atoms with Crippen LogP contribution in [0, 0.1) is 18.7 Å².